The average Bonchev–Trinajstić information content (AvgIpc) is 2.34. The number of hydrogen-bond acceptors (Lipinski definition) is 4. The van der Waals surface area contributed by atoms with Crippen LogP contribution in [0.15, 0.2) is 24.3 Å². The summed E-state index contributed by atoms with van der Waals surface area (Å²) >= 11 is 0. The van der Waals surface area contributed by atoms with Gasteiger partial charge >= 0.3 is 5.97 Å². The van der Waals surface area contributed by atoms with Crippen LogP contribution in [-0.2, 0) is 11.2 Å². The monoisotopic (exact) mass is 240 g/mol. The second-order valence-corrected chi connectivity index (χ2v) is 3.79. The first kappa shape index (κ1) is 13.6. The van der Waals surface area contributed by atoms with E-state index in [1.54, 1.807) is 24.3 Å². The fraction of sp³-hybridized carbons (Fsp3) is 0.417. The Balaban J connectivity index is 2.87. The van der Waals surface area contributed by atoms with Gasteiger partial charge in [-0.3, -0.25) is 4.79 Å². The highest BCUT2D eigenvalue weighted by Gasteiger charge is 2.20. The Morgan fingerprint density at radius 3 is 2.47 bits per heavy atom. The van der Waals surface area contributed by atoms with Gasteiger partial charge in [-0.1, -0.05) is 24.3 Å². The van der Waals surface area contributed by atoms with Crippen LogP contribution in [0.4, 0.5) is 0 Å². The number of aliphatic hydroxyl groups is 3. The zero-order chi connectivity index (χ0) is 12.8. The summed E-state index contributed by atoms with van der Waals surface area (Å²) in [5, 5.41) is 36.5. The Kier molecular flexibility index (Phi) is 5.09. The molecule has 94 valence electrons. The van der Waals surface area contributed by atoms with Crippen molar-refractivity contribution in [2.24, 2.45) is 0 Å². The summed E-state index contributed by atoms with van der Waals surface area (Å²) in [6.07, 6.45) is -2.23. The first-order valence-corrected chi connectivity index (χ1v) is 5.33. The van der Waals surface area contributed by atoms with Crippen LogP contribution in [0, 0.1) is 0 Å². The Bertz CT molecular complexity index is 377. The predicted octanol–water partition coefficient (Wildman–Crippen LogP) is 0.0904. The smallest absolute Gasteiger partial charge is 0.303 e. The van der Waals surface area contributed by atoms with Crippen LogP contribution in [-0.4, -0.2) is 39.1 Å². The zero-order valence-corrected chi connectivity index (χ0v) is 9.28. The number of rotatable bonds is 6. The van der Waals surface area contributed by atoms with E-state index in [2.05, 4.69) is 0 Å². The molecule has 1 rings (SSSR count). The number of carboxylic acid groups (broad SMARTS) is 1. The molecule has 17 heavy (non-hydrogen) atoms. The van der Waals surface area contributed by atoms with Gasteiger partial charge in [0.15, 0.2) is 0 Å². The van der Waals surface area contributed by atoms with E-state index in [4.69, 9.17) is 10.2 Å². The van der Waals surface area contributed by atoms with E-state index in [-0.39, 0.29) is 12.8 Å². The lowest BCUT2D eigenvalue weighted by Crippen LogP contribution is -2.23. The third kappa shape index (κ3) is 3.81. The molecule has 0 aliphatic carbocycles. The molecular weight excluding hydrogens is 224 g/mol. The van der Waals surface area contributed by atoms with Gasteiger partial charge in [-0.15, -0.1) is 0 Å². The molecule has 0 saturated carbocycles. The van der Waals surface area contributed by atoms with E-state index in [1.807, 2.05) is 0 Å². The molecule has 2 atom stereocenters. The van der Waals surface area contributed by atoms with Gasteiger partial charge in [0.05, 0.1) is 6.61 Å². The summed E-state index contributed by atoms with van der Waals surface area (Å²) in [5.41, 5.74) is 1.12. The van der Waals surface area contributed by atoms with Crippen molar-refractivity contribution in [3.05, 3.63) is 35.4 Å². The quantitative estimate of drug-likeness (QED) is 0.565. The van der Waals surface area contributed by atoms with Gasteiger partial charge in [-0.2, -0.15) is 0 Å². The lowest BCUT2D eigenvalue weighted by molar-refractivity contribution is -0.136. The zero-order valence-electron chi connectivity index (χ0n) is 9.28. The number of benzene rings is 1. The summed E-state index contributed by atoms with van der Waals surface area (Å²) in [4.78, 5) is 10.5. The van der Waals surface area contributed by atoms with Gasteiger partial charge in [-0.25, -0.2) is 0 Å². The van der Waals surface area contributed by atoms with Crippen molar-refractivity contribution < 1.29 is 25.2 Å². The average molecular weight is 240 g/mol. The molecule has 5 heteroatoms. The molecule has 0 aliphatic rings. The lowest BCUT2D eigenvalue weighted by atomic mass is 9.96. The minimum atomic E-state index is -1.26. The maximum absolute atomic E-state index is 10.5. The number of aliphatic carboxylic acids is 1. The number of aryl methyl sites for hydroxylation is 1. The Hall–Kier alpha value is -1.43. The van der Waals surface area contributed by atoms with Crippen molar-refractivity contribution in [1.82, 2.24) is 0 Å². The van der Waals surface area contributed by atoms with Crippen molar-refractivity contribution in [2.45, 2.75) is 25.0 Å². The number of hydrogen-bond donors (Lipinski definition) is 4. The molecule has 4 N–H and O–H groups in total. The van der Waals surface area contributed by atoms with Gasteiger partial charge in [0.2, 0.25) is 0 Å². The largest absolute Gasteiger partial charge is 0.481 e. The molecule has 2 unspecified atom stereocenters. The molecule has 0 radical (unpaired) electrons. The van der Waals surface area contributed by atoms with Crippen LogP contribution in [0.5, 0.6) is 0 Å². The third-order valence-electron chi connectivity index (χ3n) is 2.53. The molecule has 0 aromatic heterocycles. The van der Waals surface area contributed by atoms with Crippen LogP contribution < -0.4 is 0 Å². The van der Waals surface area contributed by atoms with Crippen LogP contribution in [0.3, 0.4) is 0 Å². The molecule has 0 amide bonds. The maximum Gasteiger partial charge on any atom is 0.303 e. The summed E-state index contributed by atoms with van der Waals surface area (Å²) < 4.78 is 0. The number of carboxylic acids is 1. The Labute approximate surface area is 99.0 Å². The highest BCUT2D eigenvalue weighted by molar-refractivity contribution is 5.67. The Morgan fingerprint density at radius 1 is 1.24 bits per heavy atom. The first-order valence-electron chi connectivity index (χ1n) is 5.33. The van der Waals surface area contributed by atoms with Crippen LogP contribution in [0.2, 0.25) is 0 Å². The van der Waals surface area contributed by atoms with Gasteiger partial charge in [-0.05, 0) is 17.5 Å². The van der Waals surface area contributed by atoms with Gasteiger partial charge < -0.3 is 20.4 Å². The van der Waals surface area contributed by atoms with Crippen LogP contribution in [0.1, 0.15) is 23.7 Å². The summed E-state index contributed by atoms with van der Waals surface area (Å²) in [5.74, 6) is -0.919. The topological polar surface area (TPSA) is 98.0 Å². The van der Waals surface area contributed by atoms with Crippen molar-refractivity contribution in [1.29, 1.82) is 0 Å². The lowest BCUT2D eigenvalue weighted by Gasteiger charge is -2.19. The summed E-state index contributed by atoms with van der Waals surface area (Å²) in [6.45, 7) is -0.547. The molecule has 0 saturated heterocycles. The van der Waals surface area contributed by atoms with Crippen molar-refractivity contribution in [3.63, 3.8) is 0 Å². The SMILES string of the molecule is O=C(O)CCc1ccccc1C(O)C(O)CO. The molecule has 0 aliphatic heterocycles. The fourth-order valence-corrected chi connectivity index (χ4v) is 1.60. The predicted molar refractivity (Wildman–Crippen MR) is 60.5 cm³/mol. The number of aliphatic hydroxyl groups excluding tert-OH is 3. The van der Waals surface area contributed by atoms with Gasteiger partial charge in [0, 0.05) is 6.42 Å². The highest BCUT2D eigenvalue weighted by Crippen LogP contribution is 2.22. The van der Waals surface area contributed by atoms with Crippen LogP contribution >= 0.6 is 0 Å². The molecule has 0 spiro atoms. The molecule has 1 aromatic carbocycles. The second-order valence-electron chi connectivity index (χ2n) is 3.79. The standard InChI is InChI=1S/C12H16O5/c13-7-10(14)12(17)9-4-2-1-3-8(9)5-6-11(15)16/h1-4,10,12-14,17H,5-7H2,(H,15,16). The minimum absolute atomic E-state index is 0.0427. The van der Waals surface area contributed by atoms with E-state index >= 15 is 0 Å². The molecule has 1 aromatic rings. The van der Waals surface area contributed by atoms with Gasteiger partial charge in [0.25, 0.3) is 0 Å². The maximum atomic E-state index is 10.5. The van der Waals surface area contributed by atoms with E-state index in [0.29, 0.717) is 11.1 Å². The highest BCUT2D eigenvalue weighted by atomic mass is 16.4. The first-order chi connectivity index (χ1) is 8.06. The van der Waals surface area contributed by atoms with Gasteiger partial charge in [0.1, 0.15) is 12.2 Å². The molecule has 5 nitrogen and oxygen atoms in total. The molecule has 0 bridgehead atoms. The van der Waals surface area contributed by atoms with Crippen LogP contribution in [0.25, 0.3) is 0 Å². The molecular formula is C12H16O5. The van der Waals surface area contributed by atoms with E-state index < -0.39 is 24.8 Å². The normalized spacial score (nSPS) is 14.3. The second kappa shape index (κ2) is 6.34. The molecule has 0 heterocycles. The summed E-state index contributed by atoms with van der Waals surface area (Å²) in [6, 6.07) is 6.73. The Morgan fingerprint density at radius 2 is 1.88 bits per heavy atom. The third-order valence-corrected chi connectivity index (χ3v) is 2.53. The van der Waals surface area contributed by atoms with E-state index in [1.165, 1.54) is 0 Å². The van der Waals surface area contributed by atoms with Crippen molar-refractivity contribution in [3.8, 4) is 0 Å². The van der Waals surface area contributed by atoms with Crippen molar-refractivity contribution >= 4 is 5.97 Å². The molecule has 0 fully saturated rings. The number of carbonyl (C=O) groups is 1. The fourth-order valence-electron chi connectivity index (χ4n) is 1.60. The minimum Gasteiger partial charge on any atom is -0.481 e. The van der Waals surface area contributed by atoms with E-state index in [9.17, 15) is 15.0 Å². The van der Waals surface area contributed by atoms with Crippen molar-refractivity contribution in [2.75, 3.05) is 6.61 Å². The van der Waals surface area contributed by atoms with E-state index in [0.717, 1.165) is 0 Å². The summed E-state index contributed by atoms with van der Waals surface area (Å²) in [7, 11) is 0.